The van der Waals surface area contributed by atoms with Crippen LogP contribution < -0.4 is 4.72 Å². The number of hydrogen-bond donors (Lipinski definition) is 3. The fraction of sp³-hybridized carbons (Fsp3) is 0.364. The molecule has 0 radical (unpaired) electrons. The van der Waals surface area contributed by atoms with Gasteiger partial charge in [-0.2, -0.15) is 4.72 Å². The largest absolute Gasteiger partial charge is 0.480 e. The molecule has 6 nitrogen and oxygen atoms in total. The van der Waals surface area contributed by atoms with E-state index in [9.17, 15) is 13.2 Å². The number of rotatable bonds is 6. The second-order valence-corrected chi connectivity index (χ2v) is 5.55. The Bertz CT molecular complexity index is 509. The summed E-state index contributed by atoms with van der Waals surface area (Å²) in [6.45, 7) is 1.41. The Balaban J connectivity index is 2.93. The van der Waals surface area contributed by atoms with E-state index in [1.807, 2.05) is 11.6 Å². The van der Waals surface area contributed by atoms with E-state index in [0.29, 0.717) is 0 Å². The van der Waals surface area contributed by atoms with Gasteiger partial charge in [0.15, 0.2) is 0 Å². The maximum Gasteiger partial charge on any atom is 0.321 e. The molecular formula is C11H15NO5S. The fourth-order valence-electron chi connectivity index (χ4n) is 1.33. The molecule has 0 saturated heterocycles. The first-order chi connectivity index (χ1) is 8.36. The minimum Gasteiger partial charge on any atom is -0.480 e. The van der Waals surface area contributed by atoms with E-state index in [-0.39, 0.29) is 11.3 Å². The number of aliphatic hydroxyl groups is 1. The number of carboxylic acids is 1. The first-order valence-corrected chi connectivity index (χ1v) is 6.78. The summed E-state index contributed by atoms with van der Waals surface area (Å²) in [5.41, 5.74) is 0.902. The van der Waals surface area contributed by atoms with Crippen LogP contribution in [0, 0.1) is 6.92 Å². The Labute approximate surface area is 105 Å². The van der Waals surface area contributed by atoms with Gasteiger partial charge >= 0.3 is 5.97 Å². The highest BCUT2D eigenvalue weighted by molar-refractivity contribution is 7.89. The van der Waals surface area contributed by atoms with Gasteiger partial charge in [0.1, 0.15) is 6.04 Å². The lowest BCUT2D eigenvalue weighted by Crippen LogP contribution is -2.41. The highest BCUT2D eigenvalue weighted by Gasteiger charge is 2.24. The lowest BCUT2D eigenvalue weighted by Gasteiger charge is -2.13. The Morgan fingerprint density at radius 2 is 1.89 bits per heavy atom. The molecule has 0 unspecified atom stereocenters. The lowest BCUT2D eigenvalue weighted by molar-refractivity contribution is -0.139. The van der Waals surface area contributed by atoms with Crippen LogP contribution >= 0.6 is 0 Å². The summed E-state index contributed by atoms with van der Waals surface area (Å²) in [6, 6.07) is 4.71. The number of aliphatic hydroxyl groups excluding tert-OH is 1. The molecule has 0 heterocycles. The van der Waals surface area contributed by atoms with Crippen LogP contribution in [0.4, 0.5) is 0 Å². The van der Waals surface area contributed by atoms with Crippen LogP contribution in [0.5, 0.6) is 0 Å². The third-order valence-electron chi connectivity index (χ3n) is 2.34. The molecule has 0 fully saturated rings. The van der Waals surface area contributed by atoms with E-state index in [4.69, 9.17) is 10.2 Å². The van der Waals surface area contributed by atoms with Crippen molar-refractivity contribution in [2.75, 3.05) is 6.61 Å². The molecule has 7 heteroatoms. The minimum atomic E-state index is -3.89. The third-order valence-corrected chi connectivity index (χ3v) is 3.83. The zero-order valence-electron chi connectivity index (χ0n) is 9.83. The molecule has 1 aromatic carbocycles. The molecule has 0 aliphatic rings. The summed E-state index contributed by atoms with van der Waals surface area (Å²) in [5, 5.41) is 17.5. The number of aliphatic carboxylic acids is 1. The van der Waals surface area contributed by atoms with Crippen molar-refractivity contribution in [3.05, 3.63) is 29.8 Å². The Morgan fingerprint density at radius 1 is 1.33 bits per heavy atom. The smallest absolute Gasteiger partial charge is 0.321 e. The van der Waals surface area contributed by atoms with Crippen LogP contribution in [-0.4, -0.2) is 37.2 Å². The monoisotopic (exact) mass is 273 g/mol. The summed E-state index contributed by atoms with van der Waals surface area (Å²) < 4.78 is 25.8. The predicted molar refractivity (Wildman–Crippen MR) is 64.6 cm³/mol. The molecule has 0 spiro atoms. The highest BCUT2D eigenvalue weighted by Crippen LogP contribution is 2.11. The molecular weight excluding hydrogens is 258 g/mol. The van der Waals surface area contributed by atoms with E-state index in [2.05, 4.69) is 0 Å². The number of hydrogen-bond acceptors (Lipinski definition) is 4. The second-order valence-electron chi connectivity index (χ2n) is 3.84. The third kappa shape index (κ3) is 3.80. The highest BCUT2D eigenvalue weighted by atomic mass is 32.2. The summed E-state index contributed by atoms with van der Waals surface area (Å²) in [7, 11) is -3.89. The van der Waals surface area contributed by atoms with Crippen molar-refractivity contribution < 1.29 is 23.4 Å². The van der Waals surface area contributed by atoms with Crippen molar-refractivity contribution in [3.63, 3.8) is 0 Å². The van der Waals surface area contributed by atoms with E-state index in [1.165, 1.54) is 12.1 Å². The molecule has 0 saturated carbocycles. The first-order valence-electron chi connectivity index (χ1n) is 5.29. The van der Waals surface area contributed by atoms with Gasteiger partial charge in [0, 0.05) is 6.61 Å². The Kier molecular flexibility index (Phi) is 4.83. The normalized spacial score (nSPS) is 13.2. The Morgan fingerprint density at radius 3 is 2.33 bits per heavy atom. The van der Waals surface area contributed by atoms with Crippen molar-refractivity contribution in [3.8, 4) is 0 Å². The number of sulfonamides is 1. The quantitative estimate of drug-likeness (QED) is 0.682. The van der Waals surface area contributed by atoms with Gasteiger partial charge in [-0.05, 0) is 25.5 Å². The first kappa shape index (κ1) is 14.6. The average molecular weight is 273 g/mol. The molecule has 0 aliphatic heterocycles. The van der Waals surface area contributed by atoms with Crippen LogP contribution in [0.25, 0.3) is 0 Å². The average Bonchev–Trinajstić information content (AvgIpc) is 2.28. The molecule has 1 aromatic rings. The number of benzene rings is 1. The fourth-order valence-corrected chi connectivity index (χ4v) is 2.56. The van der Waals surface area contributed by atoms with Gasteiger partial charge in [-0.15, -0.1) is 0 Å². The molecule has 1 rings (SSSR count). The summed E-state index contributed by atoms with van der Waals surface area (Å²) in [6.07, 6.45) is -0.180. The van der Waals surface area contributed by atoms with Crippen LogP contribution in [-0.2, 0) is 14.8 Å². The van der Waals surface area contributed by atoms with E-state index < -0.39 is 28.6 Å². The molecule has 18 heavy (non-hydrogen) atoms. The molecule has 0 amide bonds. The van der Waals surface area contributed by atoms with Gasteiger partial charge in [-0.1, -0.05) is 17.7 Å². The summed E-state index contributed by atoms with van der Waals surface area (Å²) in [4.78, 5) is 10.8. The second kappa shape index (κ2) is 5.94. The van der Waals surface area contributed by atoms with Crippen molar-refractivity contribution in [1.82, 2.24) is 4.72 Å². The van der Waals surface area contributed by atoms with Gasteiger partial charge in [0.25, 0.3) is 0 Å². The molecule has 0 bridgehead atoms. The van der Waals surface area contributed by atoms with Gasteiger partial charge in [0.2, 0.25) is 10.0 Å². The molecule has 0 aromatic heterocycles. The SMILES string of the molecule is Cc1ccc(S(=O)(=O)N[C@H](CCO)C(=O)O)cc1. The summed E-state index contributed by atoms with van der Waals surface area (Å²) in [5.74, 6) is -1.32. The maximum atomic E-state index is 11.9. The zero-order valence-corrected chi connectivity index (χ0v) is 10.6. The van der Waals surface area contributed by atoms with Crippen molar-refractivity contribution in [1.29, 1.82) is 0 Å². The van der Waals surface area contributed by atoms with Gasteiger partial charge < -0.3 is 10.2 Å². The van der Waals surface area contributed by atoms with E-state index in [1.54, 1.807) is 12.1 Å². The van der Waals surface area contributed by atoms with Crippen molar-refractivity contribution in [2.45, 2.75) is 24.3 Å². The standard InChI is InChI=1S/C11H15NO5S/c1-8-2-4-9(5-3-8)18(16,17)12-10(6-7-13)11(14)15/h2-5,10,12-13H,6-7H2,1H3,(H,14,15)/t10-/m1/s1. The van der Waals surface area contributed by atoms with Crippen LogP contribution in [0.15, 0.2) is 29.2 Å². The van der Waals surface area contributed by atoms with Crippen LogP contribution in [0.2, 0.25) is 0 Å². The number of carboxylic acid groups (broad SMARTS) is 1. The minimum absolute atomic E-state index is 0.00251. The number of carbonyl (C=O) groups is 1. The van der Waals surface area contributed by atoms with Gasteiger partial charge in [-0.3, -0.25) is 4.79 Å². The van der Waals surface area contributed by atoms with Crippen LogP contribution in [0.3, 0.4) is 0 Å². The molecule has 1 atom stereocenters. The van der Waals surface area contributed by atoms with Crippen LogP contribution in [0.1, 0.15) is 12.0 Å². The van der Waals surface area contributed by atoms with Crippen molar-refractivity contribution in [2.24, 2.45) is 0 Å². The van der Waals surface area contributed by atoms with E-state index in [0.717, 1.165) is 5.56 Å². The van der Waals surface area contributed by atoms with Gasteiger partial charge in [-0.25, -0.2) is 8.42 Å². The van der Waals surface area contributed by atoms with Gasteiger partial charge in [0.05, 0.1) is 4.90 Å². The molecule has 0 aliphatic carbocycles. The predicted octanol–water partition coefficient (Wildman–Crippen LogP) is 0.109. The Hall–Kier alpha value is -1.44. The lowest BCUT2D eigenvalue weighted by atomic mass is 10.2. The number of aryl methyl sites for hydroxylation is 1. The van der Waals surface area contributed by atoms with Crippen molar-refractivity contribution >= 4 is 16.0 Å². The zero-order chi connectivity index (χ0) is 13.8. The molecule has 3 N–H and O–H groups in total. The summed E-state index contributed by atoms with van der Waals surface area (Å²) >= 11 is 0. The maximum absolute atomic E-state index is 11.9. The van der Waals surface area contributed by atoms with E-state index >= 15 is 0 Å². The number of nitrogens with one attached hydrogen (secondary N) is 1. The molecule has 100 valence electrons. The topological polar surface area (TPSA) is 104 Å².